The third-order valence-electron chi connectivity index (χ3n) is 9.69. The van der Waals surface area contributed by atoms with Gasteiger partial charge in [-0.3, -0.25) is 14.5 Å². The van der Waals surface area contributed by atoms with Crippen LogP contribution in [0.4, 0.5) is 11.4 Å². The molecule has 1 amide bonds. The first-order valence-corrected chi connectivity index (χ1v) is 16.3. The van der Waals surface area contributed by atoms with Crippen LogP contribution in [0.3, 0.4) is 0 Å². The Hall–Kier alpha value is -6.00. The highest BCUT2D eigenvalue weighted by Gasteiger charge is 2.60. The number of hydrogen-bond donors (Lipinski definition) is 0. The normalized spacial score (nSPS) is 16.1. The first-order valence-electron chi connectivity index (χ1n) is 16.3. The molecule has 2 aliphatic rings. The van der Waals surface area contributed by atoms with Gasteiger partial charge in [-0.2, -0.15) is 0 Å². The highest BCUT2D eigenvalue weighted by atomic mass is 16.2. The van der Waals surface area contributed by atoms with Gasteiger partial charge in [0.05, 0.1) is 16.9 Å². The summed E-state index contributed by atoms with van der Waals surface area (Å²) in [6.07, 6.45) is 1.38. The van der Waals surface area contributed by atoms with E-state index < -0.39 is 11.6 Å². The number of carbonyl (C=O) groups is 2. The van der Waals surface area contributed by atoms with Crippen LogP contribution < -0.4 is 9.80 Å². The highest BCUT2D eigenvalue weighted by molar-refractivity contribution is 6.22. The lowest BCUT2D eigenvalue weighted by Gasteiger charge is -2.56. The van der Waals surface area contributed by atoms with Gasteiger partial charge in [-0.1, -0.05) is 145 Å². The maximum absolute atomic E-state index is 15.6. The molecule has 4 heteroatoms. The molecule has 232 valence electrons. The molecular formula is C44H34N2O2. The molecule has 0 aliphatic carbocycles. The van der Waals surface area contributed by atoms with E-state index in [1.165, 1.54) is 0 Å². The molecule has 48 heavy (non-hydrogen) atoms. The Bertz CT molecular complexity index is 2110. The van der Waals surface area contributed by atoms with Gasteiger partial charge in [0.2, 0.25) is 0 Å². The third kappa shape index (κ3) is 4.52. The minimum absolute atomic E-state index is 0.0393. The molecule has 0 spiro atoms. The number of fused-ring (bicyclic) bond motifs is 4. The number of benzene rings is 6. The van der Waals surface area contributed by atoms with Gasteiger partial charge in [0.15, 0.2) is 5.78 Å². The van der Waals surface area contributed by atoms with Crippen molar-refractivity contribution in [1.82, 2.24) is 0 Å². The minimum Gasteiger partial charge on any atom is -0.324 e. The Morgan fingerprint density at radius 1 is 0.562 bits per heavy atom. The topological polar surface area (TPSA) is 40.6 Å². The molecule has 0 fully saturated rings. The minimum atomic E-state index is -1.28. The lowest BCUT2D eigenvalue weighted by atomic mass is 9.63. The van der Waals surface area contributed by atoms with Gasteiger partial charge in [0.1, 0.15) is 11.6 Å². The lowest BCUT2D eigenvalue weighted by Crippen LogP contribution is -2.69. The number of nitrogens with zero attached hydrogens (tertiary/aromatic N) is 2. The van der Waals surface area contributed by atoms with Gasteiger partial charge in [0.25, 0.3) is 5.91 Å². The fourth-order valence-electron chi connectivity index (χ4n) is 7.52. The summed E-state index contributed by atoms with van der Waals surface area (Å²) < 4.78 is 0. The molecule has 2 heterocycles. The zero-order valence-corrected chi connectivity index (χ0v) is 26.9. The highest BCUT2D eigenvalue weighted by Crippen LogP contribution is 2.53. The van der Waals surface area contributed by atoms with Crippen LogP contribution in [-0.4, -0.2) is 17.9 Å². The number of carbonyl (C=O) groups excluding carboxylic acids is 2. The zero-order valence-electron chi connectivity index (χ0n) is 26.9. The van der Waals surface area contributed by atoms with Crippen LogP contribution >= 0.6 is 0 Å². The second-order valence-electron chi connectivity index (χ2n) is 12.6. The van der Waals surface area contributed by atoms with Crippen LogP contribution in [0.15, 0.2) is 164 Å². The lowest BCUT2D eigenvalue weighted by molar-refractivity contribution is 0.0846. The van der Waals surface area contributed by atoms with E-state index in [1.807, 2.05) is 152 Å². The van der Waals surface area contributed by atoms with Crippen molar-refractivity contribution < 1.29 is 9.59 Å². The van der Waals surface area contributed by atoms with E-state index in [1.54, 1.807) is 0 Å². The van der Waals surface area contributed by atoms with Crippen molar-refractivity contribution in [1.29, 1.82) is 0 Å². The summed E-state index contributed by atoms with van der Waals surface area (Å²) in [4.78, 5) is 34.7. The van der Waals surface area contributed by atoms with Crippen molar-refractivity contribution in [2.45, 2.75) is 25.4 Å². The monoisotopic (exact) mass is 622 g/mol. The van der Waals surface area contributed by atoms with Crippen LogP contribution in [0.5, 0.6) is 0 Å². The Morgan fingerprint density at radius 2 is 1.02 bits per heavy atom. The van der Waals surface area contributed by atoms with Crippen molar-refractivity contribution in [3.63, 3.8) is 0 Å². The van der Waals surface area contributed by atoms with E-state index in [0.29, 0.717) is 16.8 Å². The van der Waals surface area contributed by atoms with Crippen LogP contribution in [0.25, 0.3) is 5.57 Å². The van der Waals surface area contributed by atoms with E-state index in [4.69, 9.17) is 0 Å². The van der Waals surface area contributed by atoms with Crippen molar-refractivity contribution in [2.24, 2.45) is 0 Å². The van der Waals surface area contributed by atoms with Gasteiger partial charge >= 0.3 is 0 Å². The molecule has 0 bridgehead atoms. The summed E-state index contributed by atoms with van der Waals surface area (Å²) in [5.41, 5.74) is 7.88. The van der Waals surface area contributed by atoms with Gasteiger partial charge in [-0.15, -0.1) is 0 Å². The second kappa shape index (κ2) is 11.7. The molecule has 0 saturated heterocycles. The van der Waals surface area contributed by atoms with Gasteiger partial charge in [0, 0.05) is 17.3 Å². The maximum atomic E-state index is 15.6. The predicted octanol–water partition coefficient (Wildman–Crippen LogP) is 9.37. The average Bonchev–Trinajstić information content (AvgIpc) is 3.13. The van der Waals surface area contributed by atoms with Gasteiger partial charge in [-0.25, -0.2) is 0 Å². The van der Waals surface area contributed by atoms with Gasteiger partial charge in [-0.05, 0) is 60.4 Å². The molecule has 0 aromatic heterocycles. The first-order chi connectivity index (χ1) is 23.5. The molecule has 0 N–H and O–H groups in total. The predicted molar refractivity (Wildman–Crippen MR) is 193 cm³/mol. The summed E-state index contributed by atoms with van der Waals surface area (Å²) in [7, 11) is 0. The summed E-state index contributed by atoms with van der Waals surface area (Å²) >= 11 is 0. The number of amides is 1. The largest absolute Gasteiger partial charge is 0.324 e. The van der Waals surface area contributed by atoms with Gasteiger partial charge < -0.3 is 4.90 Å². The maximum Gasteiger partial charge on any atom is 0.262 e. The van der Waals surface area contributed by atoms with Crippen LogP contribution in [-0.2, 0) is 5.41 Å². The van der Waals surface area contributed by atoms with Crippen molar-refractivity contribution in [2.75, 3.05) is 9.80 Å². The van der Waals surface area contributed by atoms with Crippen LogP contribution in [0.2, 0.25) is 0 Å². The fourth-order valence-corrected chi connectivity index (χ4v) is 7.52. The Balaban J connectivity index is 1.54. The Morgan fingerprint density at radius 3 is 1.54 bits per heavy atom. The molecule has 1 atom stereocenters. The number of ketones is 1. The quantitative estimate of drug-likeness (QED) is 0.192. The Kier molecular flexibility index (Phi) is 7.14. The SMILES string of the molecule is Cc1ccc2c(c1)C(=O)N1c3ccc(C)cc3C(=O)C(c3ccccc3)(c3ccccc3)C1N2C=C(c1ccccc1)c1ccccc1. The molecule has 6 aromatic carbocycles. The third-order valence-corrected chi connectivity index (χ3v) is 9.69. The molecule has 8 rings (SSSR count). The number of Topliss-reactive ketones (excluding diaryl/α,β-unsaturated/α-hetero) is 1. The zero-order chi connectivity index (χ0) is 32.8. The summed E-state index contributed by atoms with van der Waals surface area (Å²) in [6.45, 7) is 4.00. The number of hydrogen-bond acceptors (Lipinski definition) is 3. The molecule has 1 unspecified atom stereocenters. The number of rotatable bonds is 5. The standard InChI is InChI=1S/C44H34N2O2/c1-30-24-26-40-36(27-30)41(47)44(34-19-11-5-12-20-34,35-21-13-6-14-22-35)43-45(39-25-23-31(2)28-37(39)42(48)46(40)43)29-38(32-15-7-3-8-16-32)33-17-9-4-10-18-33/h3-29,43H,1-2H3. The van der Waals surface area contributed by atoms with E-state index in [-0.39, 0.29) is 11.7 Å². The molecule has 6 aromatic rings. The van der Waals surface area contributed by atoms with E-state index in [2.05, 4.69) is 35.4 Å². The number of aryl methyl sites for hydroxylation is 2. The Labute approximate surface area is 281 Å². The molecule has 0 saturated carbocycles. The summed E-state index contributed by atoms with van der Waals surface area (Å²) in [5, 5.41) is 0. The number of anilines is 2. The molecular weight excluding hydrogens is 588 g/mol. The van der Waals surface area contributed by atoms with Crippen molar-refractivity contribution in [3.8, 4) is 0 Å². The molecule has 0 radical (unpaired) electrons. The molecule has 2 aliphatic heterocycles. The summed E-state index contributed by atoms with van der Waals surface area (Å²) in [5.74, 6) is -0.166. The van der Waals surface area contributed by atoms with Crippen molar-refractivity contribution in [3.05, 3.63) is 208 Å². The molecule has 4 nitrogen and oxygen atoms in total. The van der Waals surface area contributed by atoms with Crippen LogP contribution in [0, 0.1) is 13.8 Å². The smallest absolute Gasteiger partial charge is 0.262 e. The van der Waals surface area contributed by atoms with E-state index in [9.17, 15) is 0 Å². The summed E-state index contributed by atoms with van der Waals surface area (Å²) in [6, 6.07) is 52.4. The fraction of sp³-hybridized carbons (Fsp3) is 0.0909. The van der Waals surface area contributed by atoms with E-state index in [0.717, 1.165) is 44.6 Å². The van der Waals surface area contributed by atoms with E-state index >= 15 is 9.59 Å². The van der Waals surface area contributed by atoms with Crippen LogP contribution in [0.1, 0.15) is 54.1 Å². The average molecular weight is 623 g/mol. The first kappa shape index (κ1) is 29.4. The van der Waals surface area contributed by atoms with Crippen molar-refractivity contribution >= 4 is 28.6 Å². The second-order valence-corrected chi connectivity index (χ2v) is 12.6.